The standard InChI is InChI=1S/C19H27NO5/c1-3-23-16-10-6-7-11-17(16)24-13-19(22)25-12-18(21)20-15-9-5-4-8-14(15)2/h6-7,10-11,14-15H,3-5,8-9,12-13H2,1-2H3,(H,20,21)/t14-,15-/m1/s1. The summed E-state index contributed by atoms with van der Waals surface area (Å²) in [5.41, 5.74) is 0. The number of ether oxygens (including phenoxy) is 3. The first kappa shape index (κ1) is 19.1. The van der Waals surface area contributed by atoms with Crippen LogP contribution in [0.15, 0.2) is 24.3 Å². The Hall–Kier alpha value is -2.24. The third-order valence-corrected chi connectivity index (χ3v) is 4.32. The number of para-hydroxylation sites is 2. The van der Waals surface area contributed by atoms with Gasteiger partial charge in [0.25, 0.3) is 5.91 Å². The second-order valence-corrected chi connectivity index (χ2v) is 6.26. The molecule has 0 aliphatic heterocycles. The fourth-order valence-corrected chi connectivity index (χ4v) is 2.95. The normalized spacial score (nSPS) is 19.8. The van der Waals surface area contributed by atoms with E-state index in [1.807, 2.05) is 13.0 Å². The molecule has 1 amide bonds. The maximum atomic E-state index is 11.9. The van der Waals surface area contributed by atoms with Crippen molar-refractivity contribution in [3.05, 3.63) is 24.3 Å². The van der Waals surface area contributed by atoms with Crippen LogP contribution in [0.5, 0.6) is 11.5 Å². The predicted octanol–water partition coefficient (Wildman–Crippen LogP) is 2.70. The number of carbonyl (C=O) groups is 2. The molecule has 25 heavy (non-hydrogen) atoms. The highest BCUT2D eigenvalue weighted by molar-refractivity contribution is 5.81. The molecule has 1 aromatic carbocycles. The van der Waals surface area contributed by atoms with Gasteiger partial charge < -0.3 is 19.5 Å². The number of hydrogen-bond donors (Lipinski definition) is 1. The van der Waals surface area contributed by atoms with E-state index >= 15 is 0 Å². The second-order valence-electron chi connectivity index (χ2n) is 6.26. The highest BCUT2D eigenvalue weighted by atomic mass is 16.6. The summed E-state index contributed by atoms with van der Waals surface area (Å²) >= 11 is 0. The highest BCUT2D eigenvalue weighted by Gasteiger charge is 2.23. The zero-order chi connectivity index (χ0) is 18.1. The largest absolute Gasteiger partial charge is 0.490 e. The minimum absolute atomic E-state index is 0.175. The van der Waals surface area contributed by atoms with Gasteiger partial charge in [0.15, 0.2) is 24.7 Å². The van der Waals surface area contributed by atoms with Crippen molar-refractivity contribution in [1.82, 2.24) is 5.32 Å². The minimum atomic E-state index is -0.585. The summed E-state index contributed by atoms with van der Waals surface area (Å²) in [7, 11) is 0. The van der Waals surface area contributed by atoms with Crippen molar-refractivity contribution >= 4 is 11.9 Å². The van der Waals surface area contributed by atoms with Crippen LogP contribution in [0.2, 0.25) is 0 Å². The summed E-state index contributed by atoms with van der Waals surface area (Å²) < 4.78 is 15.8. The first-order valence-electron chi connectivity index (χ1n) is 8.89. The van der Waals surface area contributed by atoms with E-state index < -0.39 is 5.97 Å². The molecule has 0 spiro atoms. The fraction of sp³-hybridized carbons (Fsp3) is 0.579. The van der Waals surface area contributed by atoms with Crippen LogP contribution in [0.25, 0.3) is 0 Å². The number of esters is 1. The molecule has 0 radical (unpaired) electrons. The van der Waals surface area contributed by atoms with E-state index in [1.165, 1.54) is 6.42 Å². The van der Waals surface area contributed by atoms with Crippen LogP contribution in [0.1, 0.15) is 39.5 Å². The van der Waals surface area contributed by atoms with Gasteiger partial charge in [-0.05, 0) is 37.8 Å². The van der Waals surface area contributed by atoms with Gasteiger partial charge in [-0.1, -0.05) is 31.9 Å². The van der Waals surface area contributed by atoms with E-state index in [-0.39, 0.29) is 25.2 Å². The van der Waals surface area contributed by atoms with E-state index in [1.54, 1.807) is 18.2 Å². The second kappa shape index (κ2) is 9.91. The Kier molecular flexibility index (Phi) is 7.57. The van der Waals surface area contributed by atoms with Crippen LogP contribution in [0.4, 0.5) is 0 Å². The molecule has 0 saturated heterocycles. The van der Waals surface area contributed by atoms with E-state index in [0.29, 0.717) is 24.0 Å². The Morgan fingerprint density at radius 3 is 2.44 bits per heavy atom. The SMILES string of the molecule is CCOc1ccccc1OCC(=O)OCC(=O)N[C@@H]1CCCC[C@H]1C. The lowest BCUT2D eigenvalue weighted by molar-refractivity contribution is -0.150. The summed E-state index contributed by atoms with van der Waals surface area (Å²) in [5.74, 6) is 0.662. The number of rotatable bonds is 8. The van der Waals surface area contributed by atoms with Crippen LogP contribution in [0.3, 0.4) is 0 Å². The summed E-state index contributed by atoms with van der Waals surface area (Å²) in [6, 6.07) is 7.28. The lowest BCUT2D eigenvalue weighted by Crippen LogP contribution is -2.43. The smallest absolute Gasteiger partial charge is 0.344 e. The number of benzene rings is 1. The summed E-state index contributed by atoms with van der Waals surface area (Å²) in [6.07, 6.45) is 4.45. The van der Waals surface area contributed by atoms with Gasteiger partial charge >= 0.3 is 5.97 Å². The van der Waals surface area contributed by atoms with E-state index in [0.717, 1.165) is 19.3 Å². The molecular formula is C19H27NO5. The summed E-state index contributed by atoms with van der Waals surface area (Å²) in [6.45, 7) is 3.97. The maximum Gasteiger partial charge on any atom is 0.344 e. The molecule has 0 unspecified atom stereocenters. The molecule has 1 aromatic rings. The van der Waals surface area contributed by atoms with Gasteiger partial charge in [-0.3, -0.25) is 4.79 Å². The lowest BCUT2D eigenvalue weighted by atomic mass is 9.86. The van der Waals surface area contributed by atoms with Crippen LogP contribution in [-0.4, -0.2) is 37.7 Å². The molecular weight excluding hydrogens is 322 g/mol. The highest BCUT2D eigenvalue weighted by Crippen LogP contribution is 2.26. The molecule has 0 bridgehead atoms. The van der Waals surface area contributed by atoms with E-state index in [9.17, 15) is 9.59 Å². The fourth-order valence-electron chi connectivity index (χ4n) is 2.95. The van der Waals surface area contributed by atoms with Crippen molar-refractivity contribution in [3.8, 4) is 11.5 Å². The van der Waals surface area contributed by atoms with Crippen molar-refractivity contribution < 1.29 is 23.8 Å². The lowest BCUT2D eigenvalue weighted by Gasteiger charge is -2.29. The molecule has 0 aromatic heterocycles. The monoisotopic (exact) mass is 349 g/mol. The summed E-state index contributed by atoms with van der Waals surface area (Å²) in [4.78, 5) is 23.7. The zero-order valence-corrected chi connectivity index (χ0v) is 15.0. The number of nitrogens with one attached hydrogen (secondary N) is 1. The minimum Gasteiger partial charge on any atom is -0.490 e. The quantitative estimate of drug-likeness (QED) is 0.731. The Bertz CT molecular complexity index is 575. The molecule has 1 N–H and O–H groups in total. The Morgan fingerprint density at radius 1 is 1.08 bits per heavy atom. The van der Waals surface area contributed by atoms with E-state index in [4.69, 9.17) is 14.2 Å². The van der Waals surface area contributed by atoms with Gasteiger partial charge in [0, 0.05) is 6.04 Å². The first-order valence-corrected chi connectivity index (χ1v) is 8.89. The van der Waals surface area contributed by atoms with Crippen LogP contribution >= 0.6 is 0 Å². The van der Waals surface area contributed by atoms with Gasteiger partial charge in [0.05, 0.1) is 6.61 Å². The molecule has 6 nitrogen and oxygen atoms in total. The number of amides is 1. The maximum absolute atomic E-state index is 11.9. The molecule has 2 rings (SSSR count). The molecule has 6 heteroatoms. The molecule has 138 valence electrons. The topological polar surface area (TPSA) is 73.9 Å². The molecule has 1 aliphatic carbocycles. The molecule has 1 fully saturated rings. The first-order chi connectivity index (χ1) is 12.1. The zero-order valence-electron chi connectivity index (χ0n) is 15.0. The Morgan fingerprint density at radius 2 is 1.76 bits per heavy atom. The van der Waals surface area contributed by atoms with Crippen molar-refractivity contribution in [2.45, 2.75) is 45.6 Å². The van der Waals surface area contributed by atoms with Crippen molar-refractivity contribution in [2.75, 3.05) is 19.8 Å². The van der Waals surface area contributed by atoms with Gasteiger partial charge in [0.1, 0.15) is 0 Å². The predicted molar refractivity (Wildman–Crippen MR) is 93.6 cm³/mol. The van der Waals surface area contributed by atoms with Crippen molar-refractivity contribution in [1.29, 1.82) is 0 Å². The molecule has 2 atom stereocenters. The van der Waals surface area contributed by atoms with Crippen LogP contribution in [0, 0.1) is 5.92 Å². The van der Waals surface area contributed by atoms with Crippen molar-refractivity contribution in [3.63, 3.8) is 0 Å². The number of carbonyl (C=O) groups excluding carboxylic acids is 2. The van der Waals surface area contributed by atoms with Crippen LogP contribution < -0.4 is 14.8 Å². The molecule has 1 aliphatic rings. The van der Waals surface area contributed by atoms with Gasteiger partial charge in [-0.15, -0.1) is 0 Å². The summed E-state index contributed by atoms with van der Waals surface area (Å²) in [5, 5.41) is 2.95. The third-order valence-electron chi connectivity index (χ3n) is 4.32. The van der Waals surface area contributed by atoms with Crippen LogP contribution in [-0.2, 0) is 14.3 Å². The molecule has 1 saturated carbocycles. The third kappa shape index (κ3) is 6.29. The Labute approximate surface area is 148 Å². The number of hydrogen-bond acceptors (Lipinski definition) is 5. The van der Waals surface area contributed by atoms with E-state index in [2.05, 4.69) is 12.2 Å². The average molecular weight is 349 g/mol. The van der Waals surface area contributed by atoms with Gasteiger partial charge in [0.2, 0.25) is 0 Å². The van der Waals surface area contributed by atoms with Gasteiger partial charge in [-0.25, -0.2) is 4.79 Å². The molecule has 0 heterocycles. The average Bonchev–Trinajstić information content (AvgIpc) is 2.61. The van der Waals surface area contributed by atoms with Crippen molar-refractivity contribution in [2.24, 2.45) is 5.92 Å². The van der Waals surface area contributed by atoms with Gasteiger partial charge in [-0.2, -0.15) is 0 Å². The Balaban J connectivity index is 1.71.